The molecule has 0 saturated carbocycles. The lowest BCUT2D eigenvalue weighted by Crippen LogP contribution is -2.17. The van der Waals surface area contributed by atoms with Crippen LogP contribution in [-0.4, -0.2) is 28.0 Å². The number of fused-ring (bicyclic) bond motifs is 1. The van der Waals surface area contributed by atoms with Crippen molar-refractivity contribution < 1.29 is 4.92 Å². The van der Waals surface area contributed by atoms with Crippen LogP contribution in [0.5, 0.6) is 0 Å². The highest BCUT2D eigenvalue weighted by Crippen LogP contribution is 2.26. The average molecular weight is 369 g/mol. The number of nitro groups is 1. The van der Waals surface area contributed by atoms with E-state index in [0.29, 0.717) is 21.9 Å². The summed E-state index contributed by atoms with van der Waals surface area (Å²) in [7, 11) is 0. The molecule has 0 amide bonds. The molecule has 0 unspecified atom stereocenters. The first-order chi connectivity index (χ1) is 12.6. The van der Waals surface area contributed by atoms with Gasteiger partial charge in [-0.2, -0.15) is 0 Å². The van der Waals surface area contributed by atoms with Crippen LogP contribution in [-0.2, 0) is 0 Å². The summed E-state index contributed by atoms with van der Waals surface area (Å²) in [5.74, 6) is 0.491. The van der Waals surface area contributed by atoms with Gasteiger partial charge in [0, 0.05) is 30.9 Å². The van der Waals surface area contributed by atoms with Crippen molar-refractivity contribution in [1.82, 2.24) is 9.97 Å². The molecule has 1 saturated heterocycles. The summed E-state index contributed by atoms with van der Waals surface area (Å²) in [6.45, 7) is 2.22. The highest BCUT2D eigenvalue weighted by Gasteiger charge is 2.13. The molecule has 0 aliphatic carbocycles. The van der Waals surface area contributed by atoms with E-state index in [-0.39, 0.29) is 5.69 Å². The van der Waals surface area contributed by atoms with Crippen molar-refractivity contribution in [3.05, 3.63) is 64.0 Å². The van der Waals surface area contributed by atoms with Crippen LogP contribution in [0.15, 0.2) is 42.5 Å². The van der Waals surface area contributed by atoms with Crippen LogP contribution < -0.4 is 4.90 Å². The van der Waals surface area contributed by atoms with Crippen molar-refractivity contribution in [2.45, 2.75) is 12.8 Å². The highest BCUT2D eigenvalue weighted by atomic mass is 35.5. The Balaban J connectivity index is 1.58. The fourth-order valence-electron chi connectivity index (χ4n) is 3.20. The summed E-state index contributed by atoms with van der Waals surface area (Å²) >= 11 is 6.40. The Labute approximate surface area is 155 Å². The molecule has 1 fully saturated rings. The third-order valence-corrected chi connectivity index (χ3v) is 4.85. The predicted octanol–water partition coefficient (Wildman–Crippen LogP) is 4.81. The van der Waals surface area contributed by atoms with Gasteiger partial charge in [-0.1, -0.05) is 23.7 Å². The Bertz CT molecular complexity index is 988. The number of aromatic nitrogens is 2. The minimum Gasteiger partial charge on any atom is -0.372 e. The quantitative estimate of drug-likeness (QED) is 0.529. The minimum atomic E-state index is -0.431. The lowest BCUT2D eigenvalue weighted by molar-refractivity contribution is -0.384. The van der Waals surface area contributed by atoms with E-state index in [1.807, 2.05) is 18.2 Å². The van der Waals surface area contributed by atoms with E-state index in [9.17, 15) is 10.1 Å². The van der Waals surface area contributed by atoms with Crippen molar-refractivity contribution in [2.75, 3.05) is 18.0 Å². The van der Waals surface area contributed by atoms with Gasteiger partial charge in [0.05, 0.1) is 21.0 Å². The molecule has 1 N–H and O–H groups in total. The third-order valence-electron chi connectivity index (χ3n) is 4.56. The van der Waals surface area contributed by atoms with Gasteiger partial charge in [-0.15, -0.1) is 0 Å². The first-order valence-corrected chi connectivity index (χ1v) is 8.85. The maximum Gasteiger partial charge on any atom is 0.271 e. The van der Waals surface area contributed by atoms with Crippen LogP contribution in [0.2, 0.25) is 0 Å². The number of hydrogen-bond donors (Lipinski definition) is 1. The lowest BCUT2D eigenvalue weighted by Gasteiger charge is -2.17. The van der Waals surface area contributed by atoms with Gasteiger partial charge in [-0.25, -0.2) is 4.98 Å². The number of nitro benzene ring substituents is 1. The van der Waals surface area contributed by atoms with Crippen LogP contribution in [0.25, 0.3) is 22.1 Å². The second kappa shape index (κ2) is 6.80. The number of imidazole rings is 1. The molecule has 26 heavy (non-hydrogen) atoms. The molecule has 1 aliphatic rings. The number of hydrogen-bond acceptors (Lipinski definition) is 4. The molecule has 2 aromatic carbocycles. The standard InChI is InChI=1S/C19H17ClN4O2/c20-16(11-13-3-5-14(6-4-13)23-9-1-2-10-23)19-21-17-8-7-15(24(25)26)12-18(17)22-19/h3-8,11-12H,1-2,9-10H2,(H,21,22). The average Bonchev–Trinajstić information content (AvgIpc) is 3.31. The number of nitrogens with zero attached hydrogens (tertiary/aromatic N) is 3. The monoisotopic (exact) mass is 368 g/mol. The number of anilines is 1. The number of halogens is 1. The van der Waals surface area contributed by atoms with E-state index >= 15 is 0 Å². The minimum absolute atomic E-state index is 0.0188. The Morgan fingerprint density at radius 1 is 1.19 bits per heavy atom. The molecule has 132 valence electrons. The van der Waals surface area contributed by atoms with Crippen LogP contribution in [0.3, 0.4) is 0 Å². The zero-order chi connectivity index (χ0) is 18.1. The fourth-order valence-corrected chi connectivity index (χ4v) is 3.41. The second-order valence-electron chi connectivity index (χ2n) is 6.32. The molecule has 0 spiro atoms. The van der Waals surface area contributed by atoms with Crippen molar-refractivity contribution >= 4 is 45.1 Å². The zero-order valence-electron chi connectivity index (χ0n) is 14.0. The van der Waals surface area contributed by atoms with Crippen LogP contribution in [0, 0.1) is 10.1 Å². The summed E-state index contributed by atoms with van der Waals surface area (Å²) in [6, 6.07) is 12.8. The first kappa shape index (κ1) is 16.6. The second-order valence-corrected chi connectivity index (χ2v) is 6.73. The molecule has 6 nitrogen and oxygen atoms in total. The molecule has 1 aromatic heterocycles. The van der Waals surface area contributed by atoms with Crippen molar-refractivity contribution in [1.29, 1.82) is 0 Å². The number of nitrogens with one attached hydrogen (secondary N) is 1. The maximum absolute atomic E-state index is 10.9. The molecule has 2 heterocycles. The van der Waals surface area contributed by atoms with E-state index in [0.717, 1.165) is 18.7 Å². The first-order valence-electron chi connectivity index (χ1n) is 8.47. The molecule has 0 bridgehead atoms. The largest absolute Gasteiger partial charge is 0.372 e. The summed E-state index contributed by atoms with van der Waals surface area (Å²) in [6.07, 6.45) is 4.33. The smallest absolute Gasteiger partial charge is 0.271 e. The maximum atomic E-state index is 10.9. The molecule has 1 aliphatic heterocycles. The number of benzene rings is 2. The van der Waals surface area contributed by atoms with Crippen molar-refractivity contribution in [2.24, 2.45) is 0 Å². The van der Waals surface area contributed by atoms with E-state index < -0.39 is 4.92 Å². The van der Waals surface area contributed by atoms with Crippen LogP contribution in [0.1, 0.15) is 24.2 Å². The van der Waals surface area contributed by atoms with E-state index in [1.54, 1.807) is 6.07 Å². The van der Waals surface area contributed by atoms with Gasteiger partial charge in [0.15, 0.2) is 0 Å². The molecule has 0 radical (unpaired) electrons. The summed E-state index contributed by atoms with van der Waals surface area (Å²) in [5, 5.41) is 11.3. The topological polar surface area (TPSA) is 75.1 Å². The van der Waals surface area contributed by atoms with Crippen LogP contribution >= 0.6 is 11.6 Å². The number of non-ortho nitro benzene ring substituents is 1. The van der Waals surface area contributed by atoms with Gasteiger partial charge in [0.2, 0.25) is 0 Å². The Kier molecular flexibility index (Phi) is 4.34. The number of H-pyrrole nitrogens is 1. The van der Waals surface area contributed by atoms with Crippen molar-refractivity contribution in [3.63, 3.8) is 0 Å². The summed E-state index contributed by atoms with van der Waals surface area (Å²) < 4.78 is 0. The van der Waals surface area contributed by atoms with Gasteiger partial charge in [-0.3, -0.25) is 10.1 Å². The van der Waals surface area contributed by atoms with Gasteiger partial charge in [0.1, 0.15) is 5.82 Å². The molecular weight excluding hydrogens is 352 g/mol. The molecule has 3 aromatic rings. The van der Waals surface area contributed by atoms with E-state index in [4.69, 9.17) is 11.6 Å². The molecule has 7 heteroatoms. The molecule has 4 rings (SSSR count). The Hall–Kier alpha value is -2.86. The van der Waals surface area contributed by atoms with Crippen LogP contribution in [0.4, 0.5) is 11.4 Å². The predicted molar refractivity (Wildman–Crippen MR) is 104 cm³/mol. The van der Waals surface area contributed by atoms with Gasteiger partial charge >= 0.3 is 0 Å². The van der Waals surface area contributed by atoms with Gasteiger partial charge in [-0.05, 0) is 42.7 Å². The lowest BCUT2D eigenvalue weighted by atomic mass is 10.2. The van der Waals surface area contributed by atoms with Gasteiger partial charge < -0.3 is 9.88 Å². The van der Waals surface area contributed by atoms with E-state index in [1.165, 1.54) is 30.7 Å². The highest BCUT2D eigenvalue weighted by molar-refractivity contribution is 6.50. The SMILES string of the molecule is O=[N+]([O-])c1ccc2nc(C(Cl)=Cc3ccc(N4CCCC4)cc3)[nH]c2c1. The number of aromatic amines is 1. The number of rotatable bonds is 4. The zero-order valence-corrected chi connectivity index (χ0v) is 14.7. The Morgan fingerprint density at radius 3 is 2.62 bits per heavy atom. The van der Waals surface area contributed by atoms with E-state index in [2.05, 4.69) is 27.0 Å². The van der Waals surface area contributed by atoms with Crippen molar-refractivity contribution in [3.8, 4) is 0 Å². The Morgan fingerprint density at radius 2 is 1.92 bits per heavy atom. The fraction of sp³-hybridized carbons (Fsp3) is 0.211. The summed E-state index contributed by atoms with van der Waals surface area (Å²) in [5.41, 5.74) is 3.45. The third kappa shape index (κ3) is 3.28. The van der Waals surface area contributed by atoms with Gasteiger partial charge in [0.25, 0.3) is 5.69 Å². The molecular formula is C19H17ClN4O2. The normalized spacial score (nSPS) is 15.0. The molecule has 0 atom stereocenters. The summed E-state index contributed by atoms with van der Waals surface area (Å²) in [4.78, 5) is 20.3.